The third-order valence-corrected chi connectivity index (χ3v) is 3.65. The summed E-state index contributed by atoms with van der Waals surface area (Å²) in [6, 6.07) is 8.19. The molecule has 1 aromatic carbocycles. The Hall–Kier alpha value is -1.77. The van der Waals surface area contributed by atoms with Gasteiger partial charge in [-0.15, -0.1) is 0 Å². The normalized spacial score (nSPS) is 13.6. The summed E-state index contributed by atoms with van der Waals surface area (Å²) < 4.78 is 2.09. The lowest BCUT2D eigenvalue weighted by Gasteiger charge is -2.25. The fraction of sp³-hybridized carbons (Fsp3) is 0.471. The summed E-state index contributed by atoms with van der Waals surface area (Å²) in [5, 5.41) is 10.4. The van der Waals surface area contributed by atoms with Crippen LogP contribution < -0.4 is 0 Å². The Balaban J connectivity index is 2.48. The number of benzene rings is 1. The van der Waals surface area contributed by atoms with Crippen LogP contribution in [0.25, 0.3) is 10.9 Å². The Morgan fingerprint density at radius 3 is 2.55 bits per heavy atom. The van der Waals surface area contributed by atoms with Crippen LogP contribution in [0, 0.1) is 5.41 Å². The van der Waals surface area contributed by atoms with Gasteiger partial charge in [0.25, 0.3) is 0 Å². The number of aromatic nitrogens is 1. The highest BCUT2D eigenvalue weighted by Crippen LogP contribution is 2.37. The molecule has 1 unspecified atom stereocenters. The van der Waals surface area contributed by atoms with Crippen LogP contribution in [-0.2, 0) is 11.8 Å². The number of hydrogen-bond donors (Lipinski definition) is 1. The van der Waals surface area contributed by atoms with Crippen LogP contribution >= 0.6 is 0 Å². The number of carbonyl (C=O) groups is 1. The van der Waals surface area contributed by atoms with E-state index in [0.29, 0.717) is 0 Å². The van der Waals surface area contributed by atoms with Crippen molar-refractivity contribution in [3.63, 3.8) is 0 Å². The molecule has 0 aliphatic heterocycles. The monoisotopic (exact) mass is 273 g/mol. The number of carboxylic acid groups (broad SMARTS) is 1. The van der Waals surface area contributed by atoms with Crippen molar-refractivity contribution in [1.29, 1.82) is 0 Å². The van der Waals surface area contributed by atoms with Gasteiger partial charge in [-0.3, -0.25) is 4.79 Å². The summed E-state index contributed by atoms with van der Waals surface area (Å²) in [7, 11) is 2.01. The molecule has 1 aromatic heterocycles. The lowest BCUT2D eigenvalue weighted by Crippen LogP contribution is -2.15. The quantitative estimate of drug-likeness (QED) is 0.908. The topological polar surface area (TPSA) is 42.2 Å². The number of para-hydroxylation sites is 1. The zero-order valence-corrected chi connectivity index (χ0v) is 12.7. The van der Waals surface area contributed by atoms with Gasteiger partial charge in [0.15, 0.2) is 0 Å². The van der Waals surface area contributed by atoms with Gasteiger partial charge in [0, 0.05) is 24.1 Å². The predicted octanol–water partition coefficient (Wildman–Crippen LogP) is 4.17. The Morgan fingerprint density at radius 2 is 1.95 bits per heavy atom. The van der Waals surface area contributed by atoms with E-state index in [0.717, 1.165) is 17.5 Å². The maximum Gasteiger partial charge on any atom is 0.303 e. The molecule has 0 saturated carbocycles. The van der Waals surface area contributed by atoms with Crippen LogP contribution in [-0.4, -0.2) is 15.6 Å². The standard InChI is InChI=1S/C17H23NO2/c1-17(2,3)10-12(9-16(19)20)14-11-18(4)15-8-6-5-7-13(14)15/h5-8,11-12H,9-10H2,1-4H3,(H,19,20). The third-order valence-electron chi connectivity index (χ3n) is 3.65. The molecular weight excluding hydrogens is 250 g/mol. The summed E-state index contributed by atoms with van der Waals surface area (Å²) in [5.74, 6) is -0.675. The zero-order chi connectivity index (χ0) is 14.9. The van der Waals surface area contributed by atoms with Crippen molar-refractivity contribution in [3.05, 3.63) is 36.0 Å². The summed E-state index contributed by atoms with van der Waals surface area (Å²) in [4.78, 5) is 11.2. The van der Waals surface area contributed by atoms with Crippen molar-refractivity contribution in [2.75, 3.05) is 0 Å². The van der Waals surface area contributed by atoms with Gasteiger partial charge in [0.05, 0.1) is 6.42 Å². The maximum atomic E-state index is 11.2. The van der Waals surface area contributed by atoms with Crippen LogP contribution in [0.5, 0.6) is 0 Å². The first-order valence-corrected chi connectivity index (χ1v) is 7.04. The van der Waals surface area contributed by atoms with Gasteiger partial charge < -0.3 is 9.67 Å². The SMILES string of the molecule is Cn1cc(C(CC(=O)O)CC(C)(C)C)c2ccccc21. The number of aliphatic carboxylic acids is 1. The van der Waals surface area contributed by atoms with Crippen LogP contribution in [0.1, 0.15) is 45.1 Å². The molecule has 1 atom stereocenters. The van der Waals surface area contributed by atoms with Gasteiger partial charge >= 0.3 is 5.97 Å². The minimum absolute atomic E-state index is 0.0543. The highest BCUT2D eigenvalue weighted by atomic mass is 16.4. The Bertz CT molecular complexity index is 619. The second-order valence-electron chi connectivity index (χ2n) is 6.77. The van der Waals surface area contributed by atoms with E-state index in [1.54, 1.807) is 0 Å². The van der Waals surface area contributed by atoms with Crippen molar-refractivity contribution in [2.24, 2.45) is 12.5 Å². The van der Waals surface area contributed by atoms with Gasteiger partial charge in [0.1, 0.15) is 0 Å². The molecule has 0 radical (unpaired) electrons. The molecule has 0 aliphatic carbocycles. The average Bonchev–Trinajstić information content (AvgIpc) is 2.64. The number of nitrogens with zero attached hydrogens (tertiary/aromatic N) is 1. The van der Waals surface area contributed by atoms with Gasteiger partial charge in [-0.2, -0.15) is 0 Å². The molecule has 108 valence electrons. The Kier molecular flexibility index (Phi) is 3.89. The third kappa shape index (κ3) is 3.21. The highest BCUT2D eigenvalue weighted by Gasteiger charge is 2.25. The minimum atomic E-state index is -0.729. The van der Waals surface area contributed by atoms with Gasteiger partial charge in [-0.1, -0.05) is 39.0 Å². The van der Waals surface area contributed by atoms with E-state index in [1.165, 1.54) is 5.39 Å². The van der Waals surface area contributed by atoms with Crippen LogP contribution in [0.3, 0.4) is 0 Å². The number of carboxylic acids is 1. The average molecular weight is 273 g/mol. The second-order valence-corrected chi connectivity index (χ2v) is 6.77. The van der Waals surface area contributed by atoms with Crippen molar-refractivity contribution in [1.82, 2.24) is 4.57 Å². The Morgan fingerprint density at radius 1 is 1.30 bits per heavy atom. The van der Waals surface area contributed by atoms with Crippen molar-refractivity contribution < 1.29 is 9.90 Å². The zero-order valence-electron chi connectivity index (χ0n) is 12.7. The minimum Gasteiger partial charge on any atom is -0.481 e. The van der Waals surface area contributed by atoms with Crippen LogP contribution in [0.4, 0.5) is 0 Å². The van der Waals surface area contributed by atoms with E-state index >= 15 is 0 Å². The maximum absolute atomic E-state index is 11.2. The predicted molar refractivity (Wildman–Crippen MR) is 82.0 cm³/mol. The second kappa shape index (κ2) is 5.31. The molecule has 20 heavy (non-hydrogen) atoms. The molecule has 3 nitrogen and oxygen atoms in total. The number of fused-ring (bicyclic) bond motifs is 1. The van der Waals surface area contributed by atoms with E-state index in [-0.39, 0.29) is 17.8 Å². The first-order chi connectivity index (χ1) is 9.28. The lowest BCUT2D eigenvalue weighted by molar-refractivity contribution is -0.137. The van der Waals surface area contributed by atoms with Crippen molar-refractivity contribution in [3.8, 4) is 0 Å². The molecule has 0 aliphatic rings. The fourth-order valence-corrected chi connectivity index (χ4v) is 2.94. The van der Waals surface area contributed by atoms with E-state index in [4.69, 9.17) is 0 Å². The summed E-state index contributed by atoms with van der Waals surface area (Å²) in [6.45, 7) is 6.48. The molecule has 0 fully saturated rings. The van der Waals surface area contributed by atoms with Gasteiger partial charge in [-0.05, 0) is 29.4 Å². The highest BCUT2D eigenvalue weighted by molar-refractivity contribution is 5.85. The Labute approximate surface area is 120 Å². The van der Waals surface area contributed by atoms with E-state index in [2.05, 4.69) is 43.7 Å². The molecule has 2 rings (SSSR count). The summed E-state index contributed by atoms with van der Waals surface area (Å²) >= 11 is 0. The van der Waals surface area contributed by atoms with Crippen molar-refractivity contribution >= 4 is 16.9 Å². The van der Waals surface area contributed by atoms with E-state index < -0.39 is 5.97 Å². The van der Waals surface area contributed by atoms with E-state index in [9.17, 15) is 9.90 Å². The summed E-state index contributed by atoms with van der Waals surface area (Å²) in [6.07, 6.45) is 3.14. The molecule has 2 aromatic rings. The fourth-order valence-electron chi connectivity index (χ4n) is 2.94. The summed E-state index contributed by atoms with van der Waals surface area (Å²) in [5.41, 5.74) is 2.42. The van der Waals surface area contributed by atoms with Gasteiger partial charge in [0.2, 0.25) is 0 Å². The first-order valence-electron chi connectivity index (χ1n) is 7.04. The van der Waals surface area contributed by atoms with Crippen LogP contribution in [0.2, 0.25) is 0 Å². The molecular formula is C17H23NO2. The lowest BCUT2D eigenvalue weighted by atomic mass is 9.80. The number of aryl methyl sites for hydroxylation is 1. The molecule has 1 heterocycles. The van der Waals surface area contributed by atoms with Crippen LogP contribution in [0.15, 0.2) is 30.5 Å². The molecule has 0 saturated heterocycles. The first kappa shape index (κ1) is 14.6. The molecule has 3 heteroatoms. The number of rotatable bonds is 4. The number of hydrogen-bond acceptors (Lipinski definition) is 1. The smallest absolute Gasteiger partial charge is 0.303 e. The molecule has 1 N–H and O–H groups in total. The largest absolute Gasteiger partial charge is 0.481 e. The molecule has 0 bridgehead atoms. The molecule has 0 amide bonds. The molecule has 0 spiro atoms. The van der Waals surface area contributed by atoms with E-state index in [1.807, 2.05) is 19.2 Å². The van der Waals surface area contributed by atoms with Crippen molar-refractivity contribution in [2.45, 2.75) is 39.5 Å². The van der Waals surface area contributed by atoms with Gasteiger partial charge in [-0.25, -0.2) is 0 Å².